The average molecular weight is 259 g/mol. The van der Waals surface area contributed by atoms with Crippen LogP contribution in [0.3, 0.4) is 0 Å². The summed E-state index contributed by atoms with van der Waals surface area (Å²) in [5.74, 6) is 0. The maximum Gasteiger partial charge on any atom is 0.136 e. The Morgan fingerprint density at radius 1 is 1.42 bits per heavy atom. The van der Waals surface area contributed by atoms with Crippen LogP contribution < -0.4 is 10.6 Å². The number of rotatable bonds is 4. The van der Waals surface area contributed by atoms with Gasteiger partial charge in [-0.25, -0.2) is 0 Å². The van der Waals surface area contributed by atoms with Gasteiger partial charge < -0.3 is 20.0 Å². The lowest BCUT2D eigenvalue weighted by Gasteiger charge is -2.30. The van der Waals surface area contributed by atoms with Crippen LogP contribution in [0, 0.1) is 0 Å². The van der Waals surface area contributed by atoms with E-state index in [1.165, 1.54) is 0 Å². The Hall–Kier alpha value is -1.52. The minimum Gasteiger partial charge on any atom is -0.462 e. The van der Waals surface area contributed by atoms with Gasteiger partial charge in [0.15, 0.2) is 0 Å². The highest BCUT2D eigenvalue weighted by molar-refractivity contribution is 5.90. The van der Waals surface area contributed by atoms with E-state index in [0.29, 0.717) is 6.04 Å². The topological polar surface area (TPSA) is 40.4 Å². The van der Waals surface area contributed by atoms with Crippen molar-refractivity contribution in [1.29, 1.82) is 0 Å². The maximum atomic E-state index is 5.52. The predicted molar refractivity (Wildman–Crippen MR) is 78.6 cm³/mol. The second-order valence-electron chi connectivity index (χ2n) is 5.27. The number of fused-ring (bicyclic) bond motifs is 1. The molecule has 2 N–H and O–H groups in total. The van der Waals surface area contributed by atoms with Gasteiger partial charge in [-0.2, -0.15) is 0 Å². The average Bonchev–Trinajstić information content (AvgIpc) is 2.83. The summed E-state index contributed by atoms with van der Waals surface area (Å²) in [6, 6.07) is 8.72. The molecule has 0 saturated carbocycles. The predicted octanol–water partition coefficient (Wildman–Crippen LogP) is 2.14. The van der Waals surface area contributed by atoms with Gasteiger partial charge in [-0.1, -0.05) is 12.1 Å². The molecule has 1 saturated heterocycles. The van der Waals surface area contributed by atoms with E-state index in [9.17, 15) is 0 Å². The summed E-state index contributed by atoms with van der Waals surface area (Å²) >= 11 is 0. The molecule has 102 valence electrons. The Balaban J connectivity index is 1.55. The Morgan fingerprint density at radius 3 is 3.21 bits per heavy atom. The van der Waals surface area contributed by atoms with Gasteiger partial charge in [0.1, 0.15) is 11.8 Å². The van der Waals surface area contributed by atoms with E-state index in [1.807, 2.05) is 24.5 Å². The third-order valence-corrected chi connectivity index (χ3v) is 3.75. The first-order valence-electron chi connectivity index (χ1n) is 6.95. The van der Waals surface area contributed by atoms with Crippen molar-refractivity contribution in [3.8, 4) is 0 Å². The number of para-hydroxylation sites is 1. The molecule has 0 amide bonds. The number of likely N-dealkylation sites (N-methyl/N-ethyl adjacent to an activating group) is 1. The molecule has 2 aromatic rings. The summed E-state index contributed by atoms with van der Waals surface area (Å²) in [7, 11) is 2.19. The Morgan fingerprint density at radius 2 is 2.32 bits per heavy atom. The summed E-state index contributed by atoms with van der Waals surface area (Å²) in [5.41, 5.74) is 2.04. The fourth-order valence-corrected chi connectivity index (χ4v) is 2.68. The highest BCUT2D eigenvalue weighted by atomic mass is 16.3. The molecule has 3 rings (SSSR count). The monoisotopic (exact) mass is 259 g/mol. The largest absolute Gasteiger partial charge is 0.462 e. The van der Waals surface area contributed by atoms with Gasteiger partial charge in [0.2, 0.25) is 0 Å². The van der Waals surface area contributed by atoms with Crippen LogP contribution in [0.2, 0.25) is 0 Å². The van der Waals surface area contributed by atoms with Crippen LogP contribution in [0.5, 0.6) is 0 Å². The van der Waals surface area contributed by atoms with Crippen molar-refractivity contribution in [2.75, 3.05) is 38.5 Å². The molecule has 1 unspecified atom stereocenters. The van der Waals surface area contributed by atoms with Gasteiger partial charge in [0.25, 0.3) is 0 Å². The highest BCUT2D eigenvalue weighted by Gasteiger charge is 2.15. The van der Waals surface area contributed by atoms with Crippen LogP contribution in [0.4, 0.5) is 5.69 Å². The summed E-state index contributed by atoms with van der Waals surface area (Å²) in [5, 5.41) is 8.20. The lowest BCUT2D eigenvalue weighted by atomic mass is 10.1. The molecule has 1 aromatic carbocycles. The molecule has 0 aliphatic carbocycles. The van der Waals surface area contributed by atoms with Gasteiger partial charge in [-0.3, -0.25) is 0 Å². The molecule has 4 heteroatoms. The molecule has 19 heavy (non-hydrogen) atoms. The summed E-state index contributed by atoms with van der Waals surface area (Å²) in [6.07, 6.45) is 2.94. The smallest absolute Gasteiger partial charge is 0.136 e. The van der Waals surface area contributed by atoms with Crippen molar-refractivity contribution in [2.24, 2.45) is 0 Å². The molecular formula is C15H21N3O. The third kappa shape index (κ3) is 2.91. The molecule has 4 nitrogen and oxygen atoms in total. The zero-order valence-corrected chi connectivity index (χ0v) is 11.4. The van der Waals surface area contributed by atoms with Gasteiger partial charge in [-0.05, 0) is 25.6 Å². The van der Waals surface area contributed by atoms with Crippen molar-refractivity contribution in [3.63, 3.8) is 0 Å². The van der Waals surface area contributed by atoms with Crippen molar-refractivity contribution in [2.45, 2.75) is 12.5 Å². The van der Waals surface area contributed by atoms with Gasteiger partial charge in [0, 0.05) is 37.6 Å². The van der Waals surface area contributed by atoms with Gasteiger partial charge >= 0.3 is 0 Å². The molecular weight excluding hydrogens is 238 g/mol. The van der Waals surface area contributed by atoms with E-state index in [1.54, 1.807) is 0 Å². The molecule has 0 spiro atoms. The first kappa shape index (κ1) is 12.5. The normalized spacial score (nSPS) is 20.8. The van der Waals surface area contributed by atoms with Crippen molar-refractivity contribution in [1.82, 2.24) is 10.2 Å². The molecule has 1 atom stereocenters. The van der Waals surface area contributed by atoms with Crippen molar-refractivity contribution >= 4 is 16.7 Å². The van der Waals surface area contributed by atoms with Crippen LogP contribution in [0.1, 0.15) is 6.42 Å². The number of nitrogens with one attached hydrogen (secondary N) is 2. The first-order chi connectivity index (χ1) is 9.33. The third-order valence-electron chi connectivity index (χ3n) is 3.75. The number of hydrogen-bond acceptors (Lipinski definition) is 4. The number of furan rings is 1. The second-order valence-corrected chi connectivity index (χ2v) is 5.27. The number of anilines is 1. The minimum atomic E-state index is 0.587. The standard InChI is InChI=1S/C15H21N3O/c1-18-9-8-16-12(10-18)6-7-17-14-11-19-15-5-3-2-4-13(14)15/h2-5,11-12,16-17H,6-10H2,1H3. The van der Waals surface area contributed by atoms with Crippen LogP contribution in [-0.2, 0) is 0 Å². The molecule has 1 aromatic heterocycles. The van der Waals surface area contributed by atoms with E-state index < -0.39 is 0 Å². The molecule has 1 aliphatic rings. The molecule has 1 aliphatic heterocycles. The summed E-state index contributed by atoms with van der Waals surface area (Å²) in [4.78, 5) is 2.38. The SMILES string of the molecule is CN1CCNC(CCNc2coc3ccccc23)C1. The van der Waals surface area contributed by atoms with E-state index in [4.69, 9.17) is 4.42 Å². The Kier molecular flexibility index (Phi) is 3.71. The second kappa shape index (κ2) is 5.63. The Bertz CT molecular complexity index is 537. The number of hydrogen-bond donors (Lipinski definition) is 2. The van der Waals surface area contributed by atoms with Crippen molar-refractivity contribution < 1.29 is 4.42 Å². The fourth-order valence-electron chi connectivity index (χ4n) is 2.68. The van der Waals surface area contributed by atoms with Crippen LogP contribution in [-0.4, -0.2) is 44.2 Å². The quantitative estimate of drug-likeness (QED) is 0.882. The van der Waals surface area contributed by atoms with Crippen LogP contribution >= 0.6 is 0 Å². The van der Waals surface area contributed by atoms with E-state index in [0.717, 1.165) is 49.3 Å². The number of benzene rings is 1. The maximum absolute atomic E-state index is 5.52. The highest BCUT2D eigenvalue weighted by Crippen LogP contribution is 2.25. The lowest BCUT2D eigenvalue weighted by Crippen LogP contribution is -2.49. The summed E-state index contributed by atoms with van der Waals surface area (Å²) in [6.45, 7) is 4.34. The molecule has 2 heterocycles. The van der Waals surface area contributed by atoms with Crippen LogP contribution in [0.15, 0.2) is 34.9 Å². The van der Waals surface area contributed by atoms with Crippen molar-refractivity contribution in [3.05, 3.63) is 30.5 Å². The summed E-state index contributed by atoms with van der Waals surface area (Å²) < 4.78 is 5.52. The van der Waals surface area contributed by atoms with Crippen LogP contribution in [0.25, 0.3) is 11.0 Å². The zero-order valence-electron chi connectivity index (χ0n) is 11.4. The van der Waals surface area contributed by atoms with E-state index in [2.05, 4.69) is 28.6 Å². The fraction of sp³-hybridized carbons (Fsp3) is 0.467. The van der Waals surface area contributed by atoms with Gasteiger partial charge in [-0.15, -0.1) is 0 Å². The molecule has 1 fully saturated rings. The molecule has 0 radical (unpaired) electrons. The number of piperazine rings is 1. The lowest BCUT2D eigenvalue weighted by molar-refractivity contribution is 0.234. The zero-order chi connectivity index (χ0) is 13.1. The van der Waals surface area contributed by atoms with Gasteiger partial charge in [0.05, 0.1) is 5.69 Å². The minimum absolute atomic E-state index is 0.587. The van der Waals surface area contributed by atoms with E-state index in [-0.39, 0.29) is 0 Å². The number of nitrogens with zero attached hydrogens (tertiary/aromatic N) is 1. The van der Waals surface area contributed by atoms with E-state index >= 15 is 0 Å². The first-order valence-corrected chi connectivity index (χ1v) is 6.95. The Labute approximate surface area is 113 Å². The molecule has 0 bridgehead atoms.